The number of nitro benzene ring substituents is 1. The van der Waals surface area contributed by atoms with Crippen molar-refractivity contribution in [1.29, 1.82) is 0 Å². The van der Waals surface area contributed by atoms with Crippen LogP contribution < -0.4 is 5.32 Å². The third-order valence-electron chi connectivity index (χ3n) is 2.74. The van der Waals surface area contributed by atoms with E-state index in [2.05, 4.69) is 5.32 Å². The number of nitrogens with one attached hydrogen (secondary N) is 1. The van der Waals surface area contributed by atoms with Crippen LogP contribution in [0.15, 0.2) is 18.2 Å². The van der Waals surface area contributed by atoms with Crippen LogP contribution >= 0.6 is 0 Å². The summed E-state index contributed by atoms with van der Waals surface area (Å²) < 4.78 is 0. The lowest BCUT2D eigenvalue weighted by molar-refractivity contribution is -0.385. The van der Waals surface area contributed by atoms with Gasteiger partial charge in [0.05, 0.1) is 11.5 Å². The van der Waals surface area contributed by atoms with E-state index in [1.165, 1.54) is 0 Å². The first-order valence-electron chi connectivity index (χ1n) is 5.57. The maximum absolute atomic E-state index is 10.8. The molecule has 1 aromatic carbocycles. The van der Waals surface area contributed by atoms with Gasteiger partial charge < -0.3 is 10.4 Å². The Morgan fingerprint density at radius 3 is 2.65 bits per heavy atom. The third kappa shape index (κ3) is 3.51. The van der Waals surface area contributed by atoms with Crippen molar-refractivity contribution < 1.29 is 10.0 Å². The third-order valence-corrected chi connectivity index (χ3v) is 2.74. The molecule has 5 nitrogen and oxygen atoms in total. The quantitative estimate of drug-likeness (QED) is 0.607. The summed E-state index contributed by atoms with van der Waals surface area (Å²) in [6.45, 7) is 5.54. The van der Waals surface area contributed by atoms with E-state index < -0.39 is 0 Å². The second-order valence-corrected chi connectivity index (χ2v) is 4.28. The first-order chi connectivity index (χ1) is 7.95. The van der Waals surface area contributed by atoms with Gasteiger partial charge in [-0.05, 0) is 26.3 Å². The molecule has 0 aliphatic heterocycles. The van der Waals surface area contributed by atoms with E-state index in [0.717, 1.165) is 5.56 Å². The van der Waals surface area contributed by atoms with Crippen molar-refractivity contribution in [2.24, 2.45) is 0 Å². The highest BCUT2D eigenvalue weighted by atomic mass is 16.6. The molecule has 5 heteroatoms. The number of hydrogen-bond donors (Lipinski definition) is 2. The number of aliphatic hydroxyl groups excluding tert-OH is 1. The van der Waals surface area contributed by atoms with Gasteiger partial charge in [0.1, 0.15) is 0 Å². The number of hydrogen-bond acceptors (Lipinski definition) is 4. The first kappa shape index (κ1) is 13.6. The summed E-state index contributed by atoms with van der Waals surface area (Å²) in [5.41, 5.74) is 1.64. The van der Waals surface area contributed by atoms with Gasteiger partial charge in [-0.15, -0.1) is 0 Å². The number of nitrogens with zero attached hydrogens (tertiary/aromatic N) is 1. The fraction of sp³-hybridized carbons (Fsp3) is 0.500. The minimum absolute atomic E-state index is 0.0311. The van der Waals surface area contributed by atoms with Crippen LogP contribution in [0.4, 0.5) is 5.69 Å². The van der Waals surface area contributed by atoms with E-state index >= 15 is 0 Å². The van der Waals surface area contributed by atoms with E-state index in [0.29, 0.717) is 5.56 Å². The van der Waals surface area contributed by atoms with Gasteiger partial charge in [-0.2, -0.15) is 0 Å². The van der Waals surface area contributed by atoms with Crippen molar-refractivity contribution >= 4 is 5.69 Å². The molecule has 0 saturated carbocycles. The van der Waals surface area contributed by atoms with Gasteiger partial charge in [0, 0.05) is 23.7 Å². The molecule has 0 bridgehead atoms. The molecule has 0 radical (unpaired) electrons. The second kappa shape index (κ2) is 5.75. The zero-order valence-electron chi connectivity index (χ0n) is 10.3. The highest BCUT2D eigenvalue weighted by Crippen LogP contribution is 2.23. The second-order valence-electron chi connectivity index (χ2n) is 4.28. The van der Waals surface area contributed by atoms with E-state index in [9.17, 15) is 10.1 Å². The van der Waals surface area contributed by atoms with Crippen molar-refractivity contribution in [1.82, 2.24) is 5.32 Å². The van der Waals surface area contributed by atoms with Gasteiger partial charge in [0.2, 0.25) is 0 Å². The molecule has 2 unspecified atom stereocenters. The van der Waals surface area contributed by atoms with Gasteiger partial charge in [-0.1, -0.05) is 12.1 Å². The molecule has 0 saturated heterocycles. The van der Waals surface area contributed by atoms with Gasteiger partial charge >= 0.3 is 0 Å². The molecule has 94 valence electrons. The number of aryl methyl sites for hydroxylation is 1. The molecule has 2 atom stereocenters. The molecule has 1 rings (SSSR count). The molecule has 0 aliphatic rings. The topological polar surface area (TPSA) is 75.4 Å². The average molecular weight is 238 g/mol. The van der Waals surface area contributed by atoms with Crippen molar-refractivity contribution in [3.63, 3.8) is 0 Å². The van der Waals surface area contributed by atoms with Crippen LogP contribution in [-0.4, -0.2) is 22.7 Å². The van der Waals surface area contributed by atoms with Crippen LogP contribution in [0, 0.1) is 17.0 Å². The van der Waals surface area contributed by atoms with Crippen molar-refractivity contribution in [3.05, 3.63) is 39.4 Å². The minimum Gasteiger partial charge on any atom is -0.395 e. The van der Waals surface area contributed by atoms with Gasteiger partial charge in [0.15, 0.2) is 0 Å². The van der Waals surface area contributed by atoms with E-state index in [1.54, 1.807) is 19.1 Å². The Kier molecular flexibility index (Phi) is 4.60. The van der Waals surface area contributed by atoms with Crippen LogP contribution in [-0.2, 0) is 0 Å². The van der Waals surface area contributed by atoms with Crippen molar-refractivity contribution in [2.45, 2.75) is 32.9 Å². The molecule has 0 spiro atoms. The van der Waals surface area contributed by atoms with E-state index in [-0.39, 0.29) is 29.3 Å². The molecule has 1 aromatic rings. The predicted octanol–water partition coefficient (Wildman–Crippen LogP) is 1.93. The van der Waals surface area contributed by atoms with Crippen LogP contribution in [0.2, 0.25) is 0 Å². The minimum atomic E-state index is -0.374. The van der Waals surface area contributed by atoms with Crippen LogP contribution in [0.5, 0.6) is 0 Å². The van der Waals surface area contributed by atoms with Crippen molar-refractivity contribution in [2.75, 3.05) is 6.61 Å². The number of benzene rings is 1. The molecule has 0 amide bonds. The largest absolute Gasteiger partial charge is 0.395 e. The number of aliphatic hydroxyl groups is 1. The maximum Gasteiger partial charge on any atom is 0.272 e. The summed E-state index contributed by atoms with van der Waals surface area (Å²) in [5, 5.41) is 22.9. The summed E-state index contributed by atoms with van der Waals surface area (Å²) in [6.07, 6.45) is 0. The highest BCUT2D eigenvalue weighted by molar-refractivity contribution is 5.43. The molecule has 0 aromatic heterocycles. The van der Waals surface area contributed by atoms with Crippen molar-refractivity contribution in [3.8, 4) is 0 Å². The Morgan fingerprint density at radius 2 is 2.12 bits per heavy atom. The fourth-order valence-corrected chi connectivity index (χ4v) is 1.67. The Labute approximate surface area is 101 Å². The smallest absolute Gasteiger partial charge is 0.272 e. The van der Waals surface area contributed by atoms with Gasteiger partial charge in [0.25, 0.3) is 5.69 Å². The molecular formula is C12H18N2O3. The molecule has 0 aliphatic carbocycles. The van der Waals surface area contributed by atoms with Crippen LogP contribution in [0.3, 0.4) is 0 Å². The zero-order chi connectivity index (χ0) is 13.0. The lowest BCUT2D eigenvalue weighted by Gasteiger charge is -2.18. The Hall–Kier alpha value is -1.46. The summed E-state index contributed by atoms with van der Waals surface area (Å²) in [5.74, 6) is 0. The fourth-order valence-electron chi connectivity index (χ4n) is 1.67. The first-order valence-corrected chi connectivity index (χ1v) is 5.57. The monoisotopic (exact) mass is 238 g/mol. The molecule has 0 fully saturated rings. The summed E-state index contributed by atoms with van der Waals surface area (Å²) in [6, 6.07) is 5.12. The Bertz CT molecular complexity index is 407. The number of rotatable bonds is 5. The summed E-state index contributed by atoms with van der Waals surface area (Å²) in [4.78, 5) is 10.4. The van der Waals surface area contributed by atoms with Crippen LogP contribution in [0.25, 0.3) is 0 Å². The molecular weight excluding hydrogens is 220 g/mol. The number of nitro groups is 1. The lowest BCUT2D eigenvalue weighted by Crippen LogP contribution is -2.31. The van der Waals surface area contributed by atoms with E-state index in [1.807, 2.05) is 19.9 Å². The zero-order valence-corrected chi connectivity index (χ0v) is 10.3. The van der Waals surface area contributed by atoms with Crippen LogP contribution in [0.1, 0.15) is 31.0 Å². The van der Waals surface area contributed by atoms with E-state index in [4.69, 9.17) is 5.11 Å². The standard InChI is InChI=1S/C12H18N2O3/c1-8-4-5-11(6-12(8)14(16)17)10(3)13-9(2)7-15/h4-6,9-10,13,15H,7H2,1-3H3. The summed E-state index contributed by atoms with van der Waals surface area (Å²) in [7, 11) is 0. The normalized spacial score (nSPS) is 14.4. The maximum atomic E-state index is 10.8. The molecule has 0 heterocycles. The SMILES string of the molecule is Cc1ccc(C(C)NC(C)CO)cc1[N+](=O)[O-]. The highest BCUT2D eigenvalue weighted by Gasteiger charge is 2.15. The molecule has 2 N–H and O–H groups in total. The average Bonchev–Trinajstić information content (AvgIpc) is 2.28. The molecule has 17 heavy (non-hydrogen) atoms. The Morgan fingerprint density at radius 1 is 1.47 bits per heavy atom. The van der Waals surface area contributed by atoms with Gasteiger partial charge in [-0.3, -0.25) is 10.1 Å². The van der Waals surface area contributed by atoms with Gasteiger partial charge in [-0.25, -0.2) is 0 Å². The predicted molar refractivity (Wildman–Crippen MR) is 65.9 cm³/mol. The lowest BCUT2D eigenvalue weighted by atomic mass is 10.0. The summed E-state index contributed by atoms with van der Waals surface area (Å²) >= 11 is 0. The Balaban J connectivity index is 2.91.